The van der Waals surface area contributed by atoms with Gasteiger partial charge in [-0.05, 0) is 54.1 Å². The number of para-hydroxylation sites is 2. The molecule has 0 saturated carbocycles. The third kappa shape index (κ3) is 4.36. The SMILES string of the molecule is c1ccc(-c2nc3c(ccc4sc5cc(N(c6ccc7c(c6)oc6ccccc67)c6ccccc6-c6ccccc6)ccc5c43)s2)cc1. The lowest BCUT2D eigenvalue weighted by Crippen LogP contribution is -2.11. The minimum absolute atomic E-state index is 0.874. The van der Waals surface area contributed by atoms with Gasteiger partial charge in [-0.1, -0.05) is 103 Å². The fourth-order valence-electron chi connectivity index (χ4n) is 6.90. The predicted molar refractivity (Wildman–Crippen MR) is 205 cm³/mol. The summed E-state index contributed by atoms with van der Waals surface area (Å²) in [4.78, 5) is 7.55. The molecule has 3 aromatic heterocycles. The van der Waals surface area contributed by atoms with Gasteiger partial charge < -0.3 is 9.32 Å². The molecule has 10 rings (SSSR count). The summed E-state index contributed by atoms with van der Waals surface area (Å²) in [6, 6.07) is 55.9. The first-order valence-corrected chi connectivity index (χ1v) is 17.6. The topological polar surface area (TPSA) is 29.3 Å². The van der Waals surface area contributed by atoms with E-state index in [1.54, 1.807) is 11.3 Å². The Balaban J connectivity index is 1.19. The smallest absolute Gasteiger partial charge is 0.137 e. The second kappa shape index (κ2) is 10.9. The van der Waals surface area contributed by atoms with Crippen LogP contribution in [0.2, 0.25) is 0 Å². The van der Waals surface area contributed by atoms with E-state index in [-0.39, 0.29) is 0 Å². The Bertz CT molecular complexity index is 2790. The van der Waals surface area contributed by atoms with Gasteiger partial charge in [0.05, 0.1) is 15.9 Å². The van der Waals surface area contributed by atoms with E-state index < -0.39 is 0 Å². The van der Waals surface area contributed by atoms with E-state index in [2.05, 4.69) is 150 Å². The molecule has 0 atom stereocenters. The largest absolute Gasteiger partial charge is 0.456 e. The first-order chi connectivity index (χ1) is 23.8. The Kier molecular flexibility index (Phi) is 6.22. The van der Waals surface area contributed by atoms with Crippen LogP contribution in [0.5, 0.6) is 0 Å². The Labute approximate surface area is 284 Å². The van der Waals surface area contributed by atoms with E-state index in [9.17, 15) is 0 Å². The minimum Gasteiger partial charge on any atom is -0.456 e. The van der Waals surface area contributed by atoms with Gasteiger partial charge in [0.1, 0.15) is 16.2 Å². The summed E-state index contributed by atoms with van der Waals surface area (Å²) in [5.41, 5.74) is 9.58. The van der Waals surface area contributed by atoms with Gasteiger partial charge in [-0.3, -0.25) is 0 Å². The molecular weight excluding hydrogens is 625 g/mol. The molecule has 0 radical (unpaired) electrons. The summed E-state index contributed by atoms with van der Waals surface area (Å²) in [6.07, 6.45) is 0. The van der Waals surface area contributed by atoms with Crippen molar-refractivity contribution >= 4 is 92.1 Å². The monoisotopic (exact) mass is 650 g/mol. The number of nitrogens with zero attached hydrogens (tertiary/aromatic N) is 2. The summed E-state index contributed by atoms with van der Waals surface area (Å²) < 4.78 is 10.1. The number of thiazole rings is 1. The molecule has 0 fully saturated rings. The van der Waals surface area contributed by atoms with E-state index in [0.29, 0.717) is 0 Å². The number of fused-ring (bicyclic) bond motifs is 8. The molecule has 10 aromatic rings. The fraction of sp³-hybridized carbons (Fsp3) is 0. The molecule has 3 heterocycles. The summed E-state index contributed by atoms with van der Waals surface area (Å²) >= 11 is 3.59. The zero-order valence-electron chi connectivity index (χ0n) is 25.6. The molecule has 0 N–H and O–H groups in total. The van der Waals surface area contributed by atoms with Gasteiger partial charge in [-0.2, -0.15) is 0 Å². The van der Waals surface area contributed by atoms with Crippen molar-refractivity contribution in [3.8, 4) is 21.7 Å². The zero-order chi connectivity index (χ0) is 31.6. The van der Waals surface area contributed by atoms with Crippen LogP contribution in [0.3, 0.4) is 0 Å². The third-order valence-electron chi connectivity index (χ3n) is 9.11. The van der Waals surface area contributed by atoms with Crippen LogP contribution in [0.15, 0.2) is 162 Å². The second-order valence-corrected chi connectivity index (χ2v) is 14.1. The standard InChI is InChI=1S/C43H26N2OS2/c1-3-11-27(12-4-1)31-15-7-9-17-35(31)45(29-19-21-33-32-16-8-10-18-36(32)46-37(33)25-29)30-20-22-34-40(26-30)47-38-23-24-39-42(41(34)38)44-43(48-39)28-13-5-2-6-14-28/h1-26H. The number of rotatable bonds is 5. The van der Waals surface area contributed by atoms with Gasteiger partial charge in [-0.15, -0.1) is 22.7 Å². The van der Waals surface area contributed by atoms with Gasteiger partial charge in [0.25, 0.3) is 0 Å². The molecule has 0 spiro atoms. The van der Waals surface area contributed by atoms with Crippen molar-refractivity contribution in [1.29, 1.82) is 0 Å². The van der Waals surface area contributed by atoms with E-state index in [4.69, 9.17) is 9.40 Å². The maximum Gasteiger partial charge on any atom is 0.137 e. The van der Waals surface area contributed by atoms with Gasteiger partial charge in [0.2, 0.25) is 0 Å². The van der Waals surface area contributed by atoms with Crippen LogP contribution < -0.4 is 4.90 Å². The quantitative estimate of drug-likeness (QED) is 0.186. The van der Waals surface area contributed by atoms with Gasteiger partial charge in [0, 0.05) is 59.5 Å². The third-order valence-corrected chi connectivity index (χ3v) is 11.3. The molecule has 5 heteroatoms. The lowest BCUT2D eigenvalue weighted by molar-refractivity contribution is 0.669. The zero-order valence-corrected chi connectivity index (χ0v) is 27.3. The van der Waals surface area contributed by atoms with Crippen LogP contribution in [-0.2, 0) is 0 Å². The normalized spacial score (nSPS) is 11.8. The molecule has 0 bridgehead atoms. The summed E-state index contributed by atoms with van der Waals surface area (Å²) in [7, 11) is 0. The van der Waals surface area contributed by atoms with Crippen LogP contribution in [0, 0.1) is 0 Å². The lowest BCUT2D eigenvalue weighted by Gasteiger charge is -2.28. The summed E-state index contributed by atoms with van der Waals surface area (Å²) in [5.74, 6) is 0. The Morgan fingerprint density at radius 3 is 2.00 bits per heavy atom. The van der Waals surface area contributed by atoms with Crippen molar-refractivity contribution in [2.75, 3.05) is 4.90 Å². The first kappa shape index (κ1) is 27.4. The Morgan fingerprint density at radius 2 is 1.15 bits per heavy atom. The first-order valence-electron chi connectivity index (χ1n) is 16.0. The number of thiophene rings is 1. The molecule has 0 aliphatic carbocycles. The number of furan rings is 1. The average Bonchev–Trinajstić information content (AvgIpc) is 3.85. The predicted octanol–water partition coefficient (Wildman–Crippen LogP) is 13.4. The van der Waals surface area contributed by atoms with Crippen LogP contribution in [0.1, 0.15) is 0 Å². The Hall–Kier alpha value is -5.75. The van der Waals surface area contributed by atoms with Crippen LogP contribution >= 0.6 is 22.7 Å². The van der Waals surface area contributed by atoms with Gasteiger partial charge >= 0.3 is 0 Å². The molecule has 7 aromatic carbocycles. The maximum absolute atomic E-state index is 6.38. The van der Waals surface area contributed by atoms with Crippen LogP contribution in [-0.4, -0.2) is 4.98 Å². The molecular formula is C43H26N2OS2. The minimum atomic E-state index is 0.874. The molecule has 0 unspecified atom stereocenters. The van der Waals surface area contributed by atoms with E-state index in [0.717, 1.165) is 60.7 Å². The van der Waals surface area contributed by atoms with Crippen molar-refractivity contribution in [2.24, 2.45) is 0 Å². The highest BCUT2D eigenvalue weighted by atomic mass is 32.1. The second-order valence-electron chi connectivity index (χ2n) is 12.0. The molecule has 0 aliphatic rings. The van der Waals surface area contributed by atoms with Crippen molar-refractivity contribution in [1.82, 2.24) is 4.98 Å². The van der Waals surface area contributed by atoms with Gasteiger partial charge in [0.15, 0.2) is 0 Å². The number of aromatic nitrogens is 1. The maximum atomic E-state index is 6.38. The van der Waals surface area contributed by atoms with Crippen molar-refractivity contribution in [3.63, 3.8) is 0 Å². The molecule has 48 heavy (non-hydrogen) atoms. The summed E-state index contributed by atoms with van der Waals surface area (Å²) in [5, 5.41) is 5.77. The van der Waals surface area contributed by atoms with Crippen molar-refractivity contribution < 1.29 is 4.42 Å². The molecule has 226 valence electrons. The number of benzene rings is 7. The van der Waals surface area contributed by atoms with Crippen molar-refractivity contribution in [3.05, 3.63) is 158 Å². The Morgan fingerprint density at radius 1 is 0.479 bits per heavy atom. The average molecular weight is 651 g/mol. The lowest BCUT2D eigenvalue weighted by atomic mass is 10.0. The van der Waals surface area contributed by atoms with Crippen LogP contribution in [0.25, 0.3) is 74.0 Å². The molecule has 0 amide bonds. The van der Waals surface area contributed by atoms with E-state index in [1.165, 1.54) is 30.4 Å². The molecule has 0 aliphatic heterocycles. The number of anilines is 3. The van der Waals surface area contributed by atoms with Crippen LogP contribution in [0.4, 0.5) is 17.1 Å². The van der Waals surface area contributed by atoms with E-state index in [1.807, 2.05) is 23.5 Å². The highest BCUT2D eigenvalue weighted by Gasteiger charge is 2.21. The number of hydrogen-bond donors (Lipinski definition) is 0. The highest BCUT2D eigenvalue weighted by Crippen LogP contribution is 2.46. The van der Waals surface area contributed by atoms with Gasteiger partial charge in [-0.25, -0.2) is 4.98 Å². The van der Waals surface area contributed by atoms with Crippen molar-refractivity contribution in [2.45, 2.75) is 0 Å². The molecule has 3 nitrogen and oxygen atoms in total. The molecule has 0 saturated heterocycles. The highest BCUT2D eigenvalue weighted by molar-refractivity contribution is 7.26. The summed E-state index contributed by atoms with van der Waals surface area (Å²) in [6.45, 7) is 0. The number of hydrogen-bond acceptors (Lipinski definition) is 5. The fourth-order valence-corrected chi connectivity index (χ4v) is 9.02. The van der Waals surface area contributed by atoms with E-state index >= 15 is 0 Å².